The summed E-state index contributed by atoms with van der Waals surface area (Å²) in [5.41, 5.74) is 1.09. The van der Waals surface area contributed by atoms with Gasteiger partial charge in [-0.25, -0.2) is 0 Å². The van der Waals surface area contributed by atoms with Crippen molar-refractivity contribution in [3.8, 4) is 0 Å². The second-order valence-corrected chi connectivity index (χ2v) is 12.9. The third-order valence-electron chi connectivity index (χ3n) is 5.97. The highest BCUT2D eigenvalue weighted by Gasteiger charge is 2.69. The maximum absolute atomic E-state index is 11.2. The number of fused-ring (bicyclic) bond motifs is 2. The zero-order valence-corrected chi connectivity index (χ0v) is 19.1. The predicted octanol–water partition coefficient (Wildman–Crippen LogP) is 0.347. The molecule has 3 heterocycles. The first-order chi connectivity index (χ1) is 14.3. The van der Waals surface area contributed by atoms with Gasteiger partial charge in [0.2, 0.25) is 0 Å². The molecule has 0 aromatic heterocycles. The molecule has 0 aliphatic carbocycles. The van der Waals surface area contributed by atoms with Crippen LogP contribution < -0.4 is 10.4 Å². The summed E-state index contributed by atoms with van der Waals surface area (Å²) in [4.78, 5) is 11.2. The van der Waals surface area contributed by atoms with Crippen molar-refractivity contribution in [1.29, 1.82) is 0 Å². The van der Waals surface area contributed by atoms with Crippen molar-refractivity contribution in [2.75, 3.05) is 0 Å². The SMILES string of the molecule is Cc1ccc([Si]2(O)OC(C)C(C3O[Si]4(c5ccccc5)OC(C(C)O)C3O4)O2)cc1. The van der Waals surface area contributed by atoms with Crippen LogP contribution >= 0.6 is 0 Å². The van der Waals surface area contributed by atoms with E-state index in [-0.39, 0.29) is 0 Å². The highest BCUT2D eigenvalue weighted by Crippen LogP contribution is 2.43. The van der Waals surface area contributed by atoms with Crippen molar-refractivity contribution < 1.29 is 32.0 Å². The maximum atomic E-state index is 11.2. The lowest BCUT2D eigenvalue weighted by Crippen LogP contribution is -2.59. The Morgan fingerprint density at radius 2 is 1.47 bits per heavy atom. The molecular weight excluding hydrogens is 420 g/mol. The van der Waals surface area contributed by atoms with Crippen LogP contribution in [0.2, 0.25) is 0 Å². The van der Waals surface area contributed by atoms with Crippen LogP contribution in [0.4, 0.5) is 0 Å². The molecule has 160 valence electrons. The van der Waals surface area contributed by atoms with Crippen LogP contribution in [0.1, 0.15) is 19.4 Å². The van der Waals surface area contributed by atoms with E-state index in [2.05, 4.69) is 0 Å². The fourth-order valence-corrected chi connectivity index (χ4v) is 9.78. The Hall–Kier alpha value is -1.41. The Labute approximate surface area is 177 Å². The summed E-state index contributed by atoms with van der Waals surface area (Å²) in [5.74, 6) is 0. The zero-order chi connectivity index (χ0) is 21.1. The molecule has 30 heavy (non-hydrogen) atoms. The van der Waals surface area contributed by atoms with Gasteiger partial charge in [0.05, 0.1) is 12.2 Å². The molecule has 2 aromatic carbocycles. The fourth-order valence-electron chi connectivity index (χ4n) is 4.41. The summed E-state index contributed by atoms with van der Waals surface area (Å²) < 4.78 is 31.1. The van der Waals surface area contributed by atoms with E-state index >= 15 is 0 Å². The molecule has 7 nitrogen and oxygen atoms in total. The van der Waals surface area contributed by atoms with E-state index in [4.69, 9.17) is 22.1 Å². The average Bonchev–Trinajstić information content (AvgIpc) is 3.39. The molecule has 3 fully saturated rings. The first kappa shape index (κ1) is 20.5. The van der Waals surface area contributed by atoms with Gasteiger partial charge in [0.25, 0.3) is 0 Å². The second-order valence-electron chi connectivity index (χ2n) is 8.26. The first-order valence-corrected chi connectivity index (χ1v) is 13.7. The van der Waals surface area contributed by atoms with Crippen molar-refractivity contribution in [2.45, 2.75) is 57.4 Å². The molecule has 2 bridgehead atoms. The van der Waals surface area contributed by atoms with Gasteiger partial charge in [-0.1, -0.05) is 60.2 Å². The molecule has 0 amide bonds. The van der Waals surface area contributed by atoms with Gasteiger partial charge in [0, 0.05) is 10.4 Å². The molecule has 3 saturated heterocycles. The number of aryl methyl sites for hydroxylation is 1. The topological polar surface area (TPSA) is 86.6 Å². The van der Waals surface area contributed by atoms with Crippen molar-refractivity contribution in [1.82, 2.24) is 0 Å². The van der Waals surface area contributed by atoms with Crippen molar-refractivity contribution >= 4 is 28.0 Å². The molecule has 5 rings (SSSR count). The molecule has 2 aromatic rings. The first-order valence-electron chi connectivity index (χ1n) is 10.2. The van der Waals surface area contributed by atoms with Crippen LogP contribution in [0.5, 0.6) is 0 Å². The van der Waals surface area contributed by atoms with Gasteiger partial charge in [-0.05, 0) is 20.8 Å². The normalized spacial score (nSPS) is 41.3. The Balaban J connectivity index is 1.45. The number of benzene rings is 2. The number of aliphatic hydroxyl groups excluding tert-OH is 1. The molecule has 8 unspecified atom stereocenters. The minimum absolute atomic E-state index is 0.396. The Bertz CT molecular complexity index is 911. The lowest BCUT2D eigenvalue weighted by atomic mass is 9.97. The molecular formula is C21H26O7Si2. The van der Waals surface area contributed by atoms with Crippen LogP contribution in [-0.2, 0) is 22.1 Å². The third kappa shape index (κ3) is 3.22. The minimum Gasteiger partial charge on any atom is -0.391 e. The van der Waals surface area contributed by atoms with Crippen LogP contribution in [0.25, 0.3) is 0 Å². The van der Waals surface area contributed by atoms with Gasteiger partial charge < -0.3 is 32.0 Å². The quantitative estimate of drug-likeness (QED) is 0.656. The summed E-state index contributed by atoms with van der Waals surface area (Å²) in [5, 5.41) is 11.8. The molecule has 3 aliphatic rings. The molecule has 0 spiro atoms. The summed E-state index contributed by atoms with van der Waals surface area (Å²) in [6, 6.07) is 17.1. The standard InChI is InChI=1S/C21H26O7Si2/c1-13-9-11-16(12-10-13)29(23)24-15(3)19(25-29)21-20-18(14(2)22)26-30(27-20,28-21)17-7-5-4-6-8-17/h4-12,14-15,18-23H,1-3H3. The molecule has 3 aliphatic heterocycles. The number of hydrogen-bond donors (Lipinski definition) is 2. The Kier molecular flexibility index (Phi) is 5.01. The van der Waals surface area contributed by atoms with Gasteiger partial charge in [0.15, 0.2) is 0 Å². The van der Waals surface area contributed by atoms with E-state index in [1.54, 1.807) is 6.92 Å². The highest BCUT2D eigenvalue weighted by molar-refractivity contribution is 6.76. The van der Waals surface area contributed by atoms with E-state index in [0.717, 1.165) is 10.8 Å². The summed E-state index contributed by atoms with van der Waals surface area (Å²) in [7, 11) is -6.77. The number of rotatable bonds is 4. The van der Waals surface area contributed by atoms with Gasteiger partial charge >= 0.3 is 17.6 Å². The van der Waals surface area contributed by atoms with E-state index in [1.165, 1.54) is 0 Å². The van der Waals surface area contributed by atoms with Gasteiger partial charge in [-0.2, -0.15) is 0 Å². The van der Waals surface area contributed by atoms with Crippen molar-refractivity contribution in [2.24, 2.45) is 0 Å². The monoisotopic (exact) mass is 446 g/mol. The Morgan fingerprint density at radius 1 is 0.800 bits per heavy atom. The molecule has 8 atom stereocenters. The summed E-state index contributed by atoms with van der Waals surface area (Å²) >= 11 is 0. The molecule has 9 heteroatoms. The molecule has 0 saturated carbocycles. The smallest absolute Gasteiger partial charge is 0.391 e. The molecule has 2 N–H and O–H groups in total. The van der Waals surface area contributed by atoms with E-state index < -0.39 is 54.2 Å². The van der Waals surface area contributed by atoms with E-state index in [0.29, 0.717) is 5.19 Å². The average molecular weight is 447 g/mol. The van der Waals surface area contributed by atoms with Crippen LogP contribution in [-0.4, -0.2) is 64.1 Å². The summed E-state index contributed by atoms with van der Waals surface area (Å²) in [6.45, 7) is 5.54. The number of hydrogen-bond acceptors (Lipinski definition) is 7. The van der Waals surface area contributed by atoms with Crippen molar-refractivity contribution in [3.05, 3.63) is 60.2 Å². The van der Waals surface area contributed by atoms with Crippen LogP contribution in [0, 0.1) is 6.92 Å². The predicted molar refractivity (Wildman–Crippen MR) is 112 cm³/mol. The zero-order valence-electron chi connectivity index (χ0n) is 17.1. The van der Waals surface area contributed by atoms with Gasteiger partial charge in [-0.3, -0.25) is 0 Å². The van der Waals surface area contributed by atoms with Gasteiger partial charge in [-0.15, -0.1) is 0 Å². The Morgan fingerprint density at radius 3 is 2.13 bits per heavy atom. The summed E-state index contributed by atoms with van der Waals surface area (Å²) in [6.07, 6.45) is -3.19. The molecule has 0 radical (unpaired) electrons. The van der Waals surface area contributed by atoms with Crippen LogP contribution in [0.15, 0.2) is 54.6 Å². The fraction of sp³-hybridized carbons (Fsp3) is 0.429. The third-order valence-corrected chi connectivity index (χ3v) is 11.1. The number of aliphatic hydroxyl groups is 1. The van der Waals surface area contributed by atoms with Crippen LogP contribution in [0.3, 0.4) is 0 Å². The highest BCUT2D eigenvalue weighted by atomic mass is 28.4. The van der Waals surface area contributed by atoms with E-state index in [9.17, 15) is 9.90 Å². The lowest BCUT2D eigenvalue weighted by Gasteiger charge is -2.35. The maximum Gasteiger partial charge on any atom is 0.538 e. The minimum atomic E-state index is -3.58. The largest absolute Gasteiger partial charge is 0.538 e. The van der Waals surface area contributed by atoms with Crippen molar-refractivity contribution in [3.63, 3.8) is 0 Å². The second kappa shape index (κ2) is 7.33. The van der Waals surface area contributed by atoms with E-state index in [1.807, 2.05) is 68.4 Å². The van der Waals surface area contributed by atoms with Gasteiger partial charge in [0.1, 0.15) is 24.4 Å². The lowest BCUT2D eigenvalue weighted by molar-refractivity contribution is -0.0741.